The Morgan fingerprint density at radius 2 is 2.12 bits per heavy atom. The lowest BCUT2D eigenvalue weighted by Crippen LogP contribution is -2.39. The largest absolute Gasteiger partial charge is 0.314 e. The Morgan fingerprint density at radius 3 is 2.81 bits per heavy atom. The standard InChI is InChI=1S/C15H23N/c1-3-5-10-15(16-4-2)14-11-12-8-6-7-9-13(12)14/h6-9,14-16H,3-5,10-11H2,1-2H3. The van der Waals surface area contributed by atoms with Crippen molar-refractivity contribution in [3.63, 3.8) is 0 Å². The minimum atomic E-state index is 0.694. The van der Waals surface area contributed by atoms with Crippen LogP contribution in [0, 0.1) is 0 Å². The number of nitrogens with one attached hydrogen (secondary N) is 1. The average Bonchev–Trinajstić information content (AvgIpc) is 2.27. The highest BCUT2D eigenvalue weighted by Crippen LogP contribution is 2.38. The molecule has 1 aromatic carbocycles. The average molecular weight is 217 g/mol. The number of hydrogen-bond acceptors (Lipinski definition) is 1. The molecule has 88 valence electrons. The molecule has 0 saturated carbocycles. The van der Waals surface area contributed by atoms with Crippen molar-refractivity contribution in [2.75, 3.05) is 6.54 Å². The molecule has 0 amide bonds. The normalized spacial score (nSPS) is 20.0. The van der Waals surface area contributed by atoms with Gasteiger partial charge in [0.15, 0.2) is 0 Å². The molecule has 16 heavy (non-hydrogen) atoms. The first-order chi connectivity index (χ1) is 7.86. The number of benzene rings is 1. The van der Waals surface area contributed by atoms with Gasteiger partial charge in [0.1, 0.15) is 0 Å². The molecule has 1 heteroatoms. The van der Waals surface area contributed by atoms with Crippen LogP contribution in [-0.2, 0) is 6.42 Å². The van der Waals surface area contributed by atoms with Crippen LogP contribution in [-0.4, -0.2) is 12.6 Å². The van der Waals surface area contributed by atoms with E-state index in [9.17, 15) is 0 Å². The summed E-state index contributed by atoms with van der Waals surface area (Å²) in [6, 6.07) is 9.60. The minimum Gasteiger partial charge on any atom is -0.314 e. The fourth-order valence-electron chi connectivity index (χ4n) is 2.79. The summed E-state index contributed by atoms with van der Waals surface area (Å²) in [5.74, 6) is 0.766. The maximum atomic E-state index is 3.66. The van der Waals surface area contributed by atoms with E-state index in [4.69, 9.17) is 0 Å². The molecule has 2 rings (SSSR count). The summed E-state index contributed by atoms with van der Waals surface area (Å²) in [4.78, 5) is 0. The van der Waals surface area contributed by atoms with Gasteiger partial charge in [-0.1, -0.05) is 51.0 Å². The Bertz CT molecular complexity index is 332. The highest BCUT2D eigenvalue weighted by molar-refractivity contribution is 5.41. The van der Waals surface area contributed by atoms with Gasteiger partial charge in [-0.25, -0.2) is 0 Å². The molecule has 0 aromatic heterocycles. The van der Waals surface area contributed by atoms with E-state index in [0.29, 0.717) is 6.04 Å². The van der Waals surface area contributed by atoms with Crippen LogP contribution in [0.25, 0.3) is 0 Å². The highest BCUT2D eigenvalue weighted by atomic mass is 14.9. The fraction of sp³-hybridized carbons (Fsp3) is 0.600. The summed E-state index contributed by atoms with van der Waals surface area (Å²) >= 11 is 0. The molecule has 1 N–H and O–H groups in total. The zero-order valence-electron chi connectivity index (χ0n) is 10.5. The number of hydrogen-bond donors (Lipinski definition) is 1. The van der Waals surface area contributed by atoms with E-state index in [2.05, 4.69) is 43.4 Å². The molecule has 0 radical (unpaired) electrons. The number of likely N-dealkylation sites (N-methyl/N-ethyl adjacent to an activating group) is 1. The van der Waals surface area contributed by atoms with Crippen LogP contribution in [0.2, 0.25) is 0 Å². The molecule has 1 nitrogen and oxygen atoms in total. The predicted molar refractivity (Wildman–Crippen MR) is 69.9 cm³/mol. The van der Waals surface area contributed by atoms with Crippen molar-refractivity contribution in [2.45, 2.75) is 51.5 Å². The van der Waals surface area contributed by atoms with Crippen molar-refractivity contribution >= 4 is 0 Å². The van der Waals surface area contributed by atoms with Gasteiger partial charge in [-0.2, -0.15) is 0 Å². The van der Waals surface area contributed by atoms with E-state index in [0.717, 1.165) is 12.5 Å². The van der Waals surface area contributed by atoms with Gasteiger partial charge in [0.2, 0.25) is 0 Å². The zero-order valence-corrected chi connectivity index (χ0v) is 10.5. The molecular formula is C15H23N. The first-order valence-corrected chi connectivity index (χ1v) is 6.68. The Kier molecular flexibility index (Phi) is 4.00. The number of fused-ring (bicyclic) bond motifs is 1. The van der Waals surface area contributed by atoms with Crippen LogP contribution in [0.1, 0.15) is 50.2 Å². The van der Waals surface area contributed by atoms with Gasteiger partial charge in [0.05, 0.1) is 0 Å². The molecule has 1 aliphatic carbocycles. The molecule has 0 aliphatic heterocycles. The Morgan fingerprint density at radius 1 is 1.31 bits per heavy atom. The smallest absolute Gasteiger partial charge is 0.0139 e. The van der Waals surface area contributed by atoms with E-state index in [-0.39, 0.29) is 0 Å². The van der Waals surface area contributed by atoms with Crippen molar-refractivity contribution in [3.8, 4) is 0 Å². The SMILES string of the molecule is CCCCC(NCC)C1Cc2ccccc21. The van der Waals surface area contributed by atoms with Crippen molar-refractivity contribution < 1.29 is 0 Å². The second-order valence-corrected chi connectivity index (χ2v) is 4.82. The Balaban J connectivity index is 2.00. The van der Waals surface area contributed by atoms with Crippen LogP contribution >= 0.6 is 0 Å². The monoisotopic (exact) mass is 217 g/mol. The molecule has 1 aromatic rings. The molecule has 0 heterocycles. The maximum absolute atomic E-state index is 3.66. The van der Waals surface area contributed by atoms with Crippen LogP contribution in [0.4, 0.5) is 0 Å². The summed E-state index contributed by atoms with van der Waals surface area (Å²) in [6.07, 6.45) is 5.24. The zero-order chi connectivity index (χ0) is 11.4. The summed E-state index contributed by atoms with van der Waals surface area (Å²) in [5.41, 5.74) is 3.15. The first kappa shape index (κ1) is 11.7. The van der Waals surface area contributed by atoms with Gasteiger partial charge in [-0.05, 0) is 30.5 Å². The van der Waals surface area contributed by atoms with Gasteiger partial charge in [0, 0.05) is 12.0 Å². The van der Waals surface area contributed by atoms with Crippen molar-refractivity contribution in [3.05, 3.63) is 35.4 Å². The third-order valence-corrected chi connectivity index (χ3v) is 3.72. The molecule has 1 aliphatic rings. The van der Waals surface area contributed by atoms with E-state index in [1.807, 2.05) is 0 Å². The van der Waals surface area contributed by atoms with Gasteiger partial charge >= 0.3 is 0 Å². The molecule has 0 bridgehead atoms. The van der Waals surface area contributed by atoms with Crippen molar-refractivity contribution in [1.29, 1.82) is 0 Å². The van der Waals surface area contributed by atoms with Gasteiger partial charge < -0.3 is 5.32 Å². The van der Waals surface area contributed by atoms with Crippen molar-refractivity contribution in [1.82, 2.24) is 5.32 Å². The lowest BCUT2D eigenvalue weighted by atomic mass is 9.72. The van der Waals surface area contributed by atoms with Gasteiger partial charge in [-0.3, -0.25) is 0 Å². The third kappa shape index (κ3) is 2.30. The van der Waals surface area contributed by atoms with E-state index < -0.39 is 0 Å². The van der Waals surface area contributed by atoms with E-state index in [1.54, 1.807) is 11.1 Å². The molecule has 0 saturated heterocycles. The van der Waals surface area contributed by atoms with Crippen molar-refractivity contribution in [2.24, 2.45) is 0 Å². The van der Waals surface area contributed by atoms with Crippen LogP contribution in [0.15, 0.2) is 24.3 Å². The molecule has 2 atom stereocenters. The highest BCUT2D eigenvalue weighted by Gasteiger charge is 2.31. The fourth-order valence-corrected chi connectivity index (χ4v) is 2.79. The predicted octanol–water partition coefficient (Wildman–Crippen LogP) is 3.49. The summed E-state index contributed by atoms with van der Waals surface area (Å²) in [5, 5.41) is 3.66. The van der Waals surface area contributed by atoms with E-state index in [1.165, 1.54) is 25.7 Å². The second-order valence-electron chi connectivity index (χ2n) is 4.82. The van der Waals surface area contributed by atoms with Gasteiger partial charge in [-0.15, -0.1) is 0 Å². The van der Waals surface area contributed by atoms with Crippen LogP contribution < -0.4 is 5.32 Å². The number of unbranched alkanes of at least 4 members (excludes halogenated alkanes) is 1. The van der Waals surface area contributed by atoms with Gasteiger partial charge in [0.25, 0.3) is 0 Å². The van der Waals surface area contributed by atoms with E-state index >= 15 is 0 Å². The first-order valence-electron chi connectivity index (χ1n) is 6.68. The second kappa shape index (κ2) is 5.49. The van der Waals surface area contributed by atoms with Crippen LogP contribution in [0.3, 0.4) is 0 Å². The van der Waals surface area contributed by atoms with Crippen LogP contribution in [0.5, 0.6) is 0 Å². The summed E-state index contributed by atoms with van der Waals surface area (Å²) in [7, 11) is 0. The minimum absolute atomic E-state index is 0.694. The topological polar surface area (TPSA) is 12.0 Å². The lowest BCUT2D eigenvalue weighted by molar-refractivity contribution is 0.377. The lowest BCUT2D eigenvalue weighted by Gasteiger charge is -2.37. The molecule has 2 unspecified atom stereocenters. The molecule has 0 spiro atoms. The summed E-state index contributed by atoms with van der Waals surface area (Å²) in [6.45, 7) is 5.58. The molecular weight excluding hydrogens is 194 g/mol. The maximum Gasteiger partial charge on any atom is 0.0139 e. The Labute approximate surface area is 99.3 Å². The third-order valence-electron chi connectivity index (χ3n) is 3.72. The quantitative estimate of drug-likeness (QED) is 0.769. The Hall–Kier alpha value is -0.820. The summed E-state index contributed by atoms with van der Waals surface area (Å²) < 4.78 is 0. The number of rotatable bonds is 6. The molecule has 0 fully saturated rings.